The fourth-order valence-electron chi connectivity index (χ4n) is 1.84. The molecule has 0 saturated heterocycles. The number of carboxylic acids is 1. The normalized spacial score (nSPS) is 9.18. The minimum Gasteiger partial charge on any atom is -0.478 e. The molecule has 0 heterocycles. The van der Waals surface area contributed by atoms with Crippen molar-refractivity contribution in [3.63, 3.8) is 0 Å². The summed E-state index contributed by atoms with van der Waals surface area (Å²) in [7, 11) is 0. The molecule has 0 atom stereocenters. The van der Waals surface area contributed by atoms with Gasteiger partial charge in [-0.15, -0.1) is 0 Å². The topological polar surface area (TPSA) is 109 Å². The molecule has 6 heteroatoms. The SMILES string of the molecule is N#CC(C#N)=NNc1ccc(-c2ccccc2C(=O)O)cc1. The lowest BCUT2D eigenvalue weighted by atomic mass is 10.00. The number of aromatic carboxylic acids is 1. The zero-order chi connectivity index (χ0) is 15.9. The highest BCUT2D eigenvalue weighted by molar-refractivity contribution is 6.10. The van der Waals surface area contributed by atoms with Gasteiger partial charge in [-0.2, -0.15) is 15.6 Å². The van der Waals surface area contributed by atoms with Crippen molar-refractivity contribution in [1.82, 2.24) is 0 Å². The van der Waals surface area contributed by atoms with Crippen LogP contribution < -0.4 is 5.43 Å². The molecule has 2 aromatic carbocycles. The van der Waals surface area contributed by atoms with Gasteiger partial charge in [0.15, 0.2) is 0 Å². The Balaban J connectivity index is 2.27. The number of hydrogen-bond acceptors (Lipinski definition) is 5. The first-order valence-electron chi connectivity index (χ1n) is 6.22. The summed E-state index contributed by atoms with van der Waals surface area (Å²) in [4.78, 5) is 11.2. The molecular weight excluding hydrogens is 280 g/mol. The van der Waals surface area contributed by atoms with Crippen LogP contribution >= 0.6 is 0 Å². The second-order valence-corrected chi connectivity index (χ2v) is 4.22. The number of benzene rings is 2. The molecule has 0 fully saturated rings. The van der Waals surface area contributed by atoms with Crippen molar-refractivity contribution >= 4 is 17.4 Å². The minimum absolute atomic E-state index is 0.220. The summed E-state index contributed by atoms with van der Waals surface area (Å²) in [5.74, 6) is -0.991. The van der Waals surface area contributed by atoms with Crippen LogP contribution in [0.5, 0.6) is 0 Å². The molecule has 22 heavy (non-hydrogen) atoms. The van der Waals surface area contributed by atoms with E-state index in [4.69, 9.17) is 10.5 Å². The van der Waals surface area contributed by atoms with Gasteiger partial charge in [0.2, 0.25) is 5.71 Å². The van der Waals surface area contributed by atoms with E-state index in [-0.39, 0.29) is 11.3 Å². The standard InChI is InChI=1S/C16H10N4O2/c17-9-13(10-18)20-19-12-7-5-11(6-8-12)14-3-1-2-4-15(14)16(21)22/h1-8,19H,(H,21,22). The first-order valence-corrected chi connectivity index (χ1v) is 6.22. The van der Waals surface area contributed by atoms with Crippen molar-refractivity contribution in [2.45, 2.75) is 0 Å². The average Bonchev–Trinajstić information content (AvgIpc) is 2.56. The number of rotatable bonds is 4. The van der Waals surface area contributed by atoms with Gasteiger partial charge in [0.25, 0.3) is 0 Å². The molecule has 0 bridgehead atoms. The third kappa shape index (κ3) is 3.27. The molecule has 0 saturated carbocycles. The molecule has 0 aliphatic carbocycles. The molecule has 2 aromatic rings. The van der Waals surface area contributed by atoms with Gasteiger partial charge in [-0.25, -0.2) is 4.79 Å². The number of anilines is 1. The van der Waals surface area contributed by atoms with Crippen LogP contribution in [0.3, 0.4) is 0 Å². The van der Waals surface area contributed by atoms with Crippen LogP contribution in [0.15, 0.2) is 53.6 Å². The van der Waals surface area contributed by atoms with E-state index in [0.29, 0.717) is 11.3 Å². The predicted octanol–water partition coefficient (Wildman–Crippen LogP) is 2.87. The van der Waals surface area contributed by atoms with Crippen molar-refractivity contribution in [1.29, 1.82) is 10.5 Å². The van der Waals surface area contributed by atoms with E-state index in [1.807, 2.05) is 0 Å². The summed E-state index contributed by atoms with van der Waals surface area (Å²) in [5, 5.41) is 30.0. The highest BCUT2D eigenvalue weighted by Crippen LogP contribution is 2.25. The zero-order valence-electron chi connectivity index (χ0n) is 11.3. The van der Waals surface area contributed by atoms with Crippen LogP contribution in [-0.4, -0.2) is 16.8 Å². The molecule has 2 rings (SSSR count). The molecule has 0 aliphatic heterocycles. The van der Waals surface area contributed by atoms with E-state index >= 15 is 0 Å². The quantitative estimate of drug-likeness (QED) is 0.664. The lowest BCUT2D eigenvalue weighted by molar-refractivity contribution is 0.0697. The molecule has 106 valence electrons. The number of carbonyl (C=O) groups is 1. The Kier molecular flexibility index (Phi) is 4.49. The third-order valence-corrected chi connectivity index (χ3v) is 2.86. The van der Waals surface area contributed by atoms with Gasteiger partial charge >= 0.3 is 5.97 Å². The van der Waals surface area contributed by atoms with Crippen LogP contribution in [0, 0.1) is 22.7 Å². The number of carboxylic acid groups (broad SMARTS) is 1. The van der Waals surface area contributed by atoms with Gasteiger partial charge in [0, 0.05) is 0 Å². The summed E-state index contributed by atoms with van der Waals surface area (Å²) in [6, 6.07) is 16.8. The maximum atomic E-state index is 11.2. The Morgan fingerprint density at radius 2 is 1.68 bits per heavy atom. The highest BCUT2D eigenvalue weighted by atomic mass is 16.4. The number of nitrogens with one attached hydrogen (secondary N) is 1. The van der Waals surface area contributed by atoms with Gasteiger partial charge in [0.05, 0.1) is 11.3 Å². The Hall–Kier alpha value is -3.64. The van der Waals surface area contributed by atoms with E-state index in [0.717, 1.165) is 5.56 Å². The van der Waals surface area contributed by atoms with Crippen molar-refractivity contribution in [3.8, 4) is 23.3 Å². The first kappa shape index (κ1) is 14.8. The van der Waals surface area contributed by atoms with Crippen molar-refractivity contribution < 1.29 is 9.90 Å². The van der Waals surface area contributed by atoms with Gasteiger partial charge in [0.1, 0.15) is 12.1 Å². The van der Waals surface area contributed by atoms with Crippen molar-refractivity contribution in [3.05, 3.63) is 54.1 Å². The van der Waals surface area contributed by atoms with Gasteiger partial charge in [-0.05, 0) is 29.3 Å². The molecule has 0 radical (unpaired) electrons. The second kappa shape index (κ2) is 6.69. The highest BCUT2D eigenvalue weighted by Gasteiger charge is 2.10. The lowest BCUT2D eigenvalue weighted by Gasteiger charge is -2.07. The summed E-state index contributed by atoms with van der Waals surface area (Å²) >= 11 is 0. The van der Waals surface area contributed by atoms with E-state index in [2.05, 4.69) is 10.5 Å². The maximum absolute atomic E-state index is 11.2. The van der Waals surface area contributed by atoms with Crippen LogP contribution in [0.25, 0.3) is 11.1 Å². The summed E-state index contributed by atoms with van der Waals surface area (Å²) < 4.78 is 0. The molecule has 2 N–H and O–H groups in total. The Bertz CT molecular complexity index is 795. The Labute approximate surface area is 126 Å². The summed E-state index contributed by atoms with van der Waals surface area (Å²) in [6.07, 6.45) is 0. The fourth-order valence-corrected chi connectivity index (χ4v) is 1.84. The van der Waals surface area contributed by atoms with E-state index in [1.165, 1.54) is 0 Å². The van der Waals surface area contributed by atoms with Crippen molar-refractivity contribution in [2.75, 3.05) is 5.43 Å². The van der Waals surface area contributed by atoms with Crippen LogP contribution in [-0.2, 0) is 0 Å². The molecular formula is C16H10N4O2. The van der Waals surface area contributed by atoms with E-state index < -0.39 is 5.97 Å². The monoisotopic (exact) mass is 290 g/mol. The molecule has 0 spiro atoms. The predicted molar refractivity (Wildman–Crippen MR) is 81.1 cm³/mol. The van der Waals surface area contributed by atoms with Crippen LogP contribution in [0.4, 0.5) is 5.69 Å². The minimum atomic E-state index is -0.991. The van der Waals surface area contributed by atoms with Crippen LogP contribution in [0.1, 0.15) is 10.4 Å². The molecule has 0 amide bonds. The molecule has 6 nitrogen and oxygen atoms in total. The lowest BCUT2D eigenvalue weighted by Crippen LogP contribution is -1.99. The summed E-state index contributed by atoms with van der Waals surface area (Å²) in [6.45, 7) is 0. The third-order valence-electron chi connectivity index (χ3n) is 2.86. The number of nitriles is 2. The average molecular weight is 290 g/mol. The van der Waals surface area contributed by atoms with Gasteiger partial charge < -0.3 is 5.11 Å². The Morgan fingerprint density at radius 3 is 2.27 bits per heavy atom. The first-order chi connectivity index (χ1) is 10.7. The number of nitrogens with zero attached hydrogens (tertiary/aromatic N) is 3. The van der Waals surface area contributed by atoms with Crippen molar-refractivity contribution in [2.24, 2.45) is 5.10 Å². The zero-order valence-corrected chi connectivity index (χ0v) is 11.3. The Morgan fingerprint density at radius 1 is 1.05 bits per heavy atom. The smallest absolute Gasteiger partial charge is 0.336 e. The largest absolute Gasteiger partial charge is 0.478 e. The second-order valence-electron chi connectivity index (χ2n) is 4.22. The number of hydrazone groups is 1. The van der Waals surface area contributed by atoms with E-state index in [1.54, 1.807) is 60.7 Å². The number of hydrogen-bond donors (Lipinski definition) is 2. The fraction of sp³-hybridized carbons (Fsp3) is 0. The van der Waals surface area contributed by atoms with Crippen LogP contribution in [0.2, 0.25) is 0 Å². The molecule has 0 aliphatic rings. The summed E-state index contributed by atoms with van der Waals surface area (Å²) in [5.41, 5.74) is 4.47. The van der Waals surface area contributed by atoms with Gasteiger partial charge in [-0.3, -0.25) is 5.43 Å². The maximum Gasteiger partial charge on any atom is 0.336 e. The van der Waals surface area contributed by atoms with E-state index in [9.17, 15) is 9.90 Å². The molecule has 0 unspecified atom stereocenters. The molecule has 0 aromatic heterocycles. The van der Waals surface area contributed by atoms with Gasteiger partial charge in [-0.1, -0.05) is 30.3 Å².